The van der Waals surface area contributed by atoms with Crippen LogP contribution in [0.3, 0.4) is 0 Å². The molecule has 0 rings (SSSR count). The smallest absolute Gasteiger partial charge is 0.409 e. The van der Waals surface area contributed by atoms with Crippen LogP contribution in [0, 0.1) is 5.92 Å². The van der Waals surface area contributed by atoms with Crippen molar-refractivity contribution in [3.63, 3.8) is 0 Å². The van der Waals surface area contributed by atoms with Gasteiger partial charge in [0.25, 0.3) is 0 Å². The second-order valence-electron chi connectivity index (χ2n) is 3.47. The summed E-state index contributed by atoms with van der Waals surface area (Å²) in [6.45, 7) is 5.06. The molecule has 0 aliphatic rings. The van der Waals surface area contributed by atoms with Crippen molar-refractivity contribution in [1.82, 2.24) is 4.90 Å². The van der Waals surface area contributed by atoms with Crippen LogP contribution in [0.1, 0.15) is 20.3 Å². The lowest BCUT2D eigenvalue weighted by molar-refractivity contribution is 0.0979. The Bertz CT molecular complexity index is 148. The van der Waals surface area contributed by atoms with Crippen molar-refractivity contribution in [3.05, 3.63) is 0 Å². The molecule has 0 spiro atoms. The van der Waals surface area contributed by atoms with Gasteiger partial charge in [-0.05, 0) is 12.3 Å². The molecule has 0 aromatic rings. The van der Waals surface area contributed by atoms with Crippen molar-refractivity contribution in [2.24, 2.45) is 5.92 Å². The molecule has 4 nitrogen and oxygen atoms in total. The maximum atomic E-state index is 11.2. The van der Waals surface area contributed by atoms with E-state index in [2.05, 4.69) is 0 Å². The number of rotatable bonds is 5. The molecule has 0 aliphatic heterocycles. The summed E-state index contributed by atoms with van der Waals surface area (Å²) in [7, 11) is 1.66. The van der Waals surface area contributed by atoms with Gasteiger partial charge < -0.3 is 14.7 Å². The van der Waals surface area contributed by atoms with Crippen LogP contribution in [0.2, 0.25) is 0 Å². The van der Waals surface area contributed by atoms with Crippen molar-refractivity contribution in [2.45, 2.75) is 20.3 Å². The minimum atomic E-state index is -0.317. The number of hydrogen-bond donors (Lipinski definition) is 1. The zero-order valence-corrected chi connectivity index (χ0v) is 8.62. The first-order chi connectivity index (χ1) is 6.07. The topological polar surface area (TPSA) is 49.8 Å². The average molecular weight is 189 g/mol. The fourth-order valence-corrected chi connectivity index (χ4v) is 0.747. The van der Waals surface area contributed by atoms with Gasteiger partial charge in [0.15, 0.2) is 0 Å². The third-order valence-electron chi connectivity index (χ3n) is 1.50. The molecule has 0 aromatic carbocycles. The Morgan fingerprint density at radius 3 is 2.62 bits per heavy atom. The van der Waals surface area contributed by atoms with Crippen LogP contribution in [-0.2, 0) is 4.74 Å². The molecule has 0 heterocycles. The Morgan fingerprint density at radius 2 is 2.15 bits per heavy atom. The highest BCUT2D eigenvalue weighted by molar-refractivity contribution is 5.67. The summed E-state index contributed by atoms with van der Waals surface area (Å²) in [6.07, 6.45) is 0.273. The molecule has 0 unspecified atom stereocenters. The first-order valence-electron chi connectivity index (χ1n) is 4.56. The number of amides is 1. The van der Waals surface area contributed by atoms with E-state index in [0.717, 1.165) is 0 Å². The third kappa shape index (κ3) is 6.40. The molecule has 0 saturated heterocycles. The van der Waals surface area contributed by atoms with Gasteiger partial charge in [-0.1, -0.05) is 13.8 Å². The van der Waals surface area contributed by atoms with Crippen LogP contribution in [0.5, 0.6) is 0 Å². The molecule has 1 amide bonds. The number of hydrogen-bond acceptors (Lipinski definition) is 3. The van der Waals surface area contributed by atoms with Gasteiger partial charge in [0.2, 0.25) is 0 Å². The second kappa shape index (κ2) is 6.71. The van der Waals surface area contributed by atoms with Crippen molar-refractivity contribution < 1.29 is 14.6 Å². The maximum absolute atomic E-state index is 11.2. The maximum Gasteiger partial charge on any atom is 0.409 e. The molecule has 1 N–H and O–H groups in total. The molecule has 78 valence electrons. The Kier molecular flexibility index (Phi) is 6.32. The van der Waals surface area contributed by atoms with Crippen molar-refractivity contribution >= 4 is 6.09 Å². The lowest BCUT2D eigenvalue weighted by atomic mass is 10.2. The quantitative estimate of drug-likeness (QED) is 0.704. The lowest BCUT2D eigenvalue weighted by Crippen LogP contribution is -2.29. The highest BCUT2D eigenvalue weighted by Gasteiger charge is 2.09. The van der Waals surface area contributed by atoms with Gasteiger partial charge in [-0.15, -0.1) is 0 Å². The first kappa shape index (κ1) is 12.2. The minimum absolute atomic E-state index is 0.0990. The predicted molar refractivity (Wildman–Crippen MR) is 50.5 cm³/mol. The van der Waals surface area contributed by atoms with Crippen LogP contribution < -0.4 is 0 Å². The number of aliphatic hydroxyl groups is 1. The van der Waals surface area contributed by atoms with Gasteiger partial charge in [0, 0.05) is 20.2 Å². The Balaban J connectivity index is 3.57. The molecule has 0 atom stereocenters. The number of ether oxygens (including phenoxy) is 1. The number of aliphatic hydroxyl groups excluding tert-OH is 1. The van der Waals surface area contributed by atoms with Crippen molar-refractivity contribution in [3.8, 4) is 0 Å². The van der Waals surface area contributed by atoms with E-state index in [0.29, 0.717) is 25.5 Å². The Hall–Kier alpha value is -0.770. The van der Waals surface area contributed by atoms with Crippen LogP contribution in [0.25, 0.3) is 0 Å². The average Bonchev–Trinajstić information content (AvgIpc) is 2.10. The van der Waals surface area contributed by atoms with E-state index < -0.39 is 0 Å². The predicted octanol–water partition coefficient (Wildman–Crippen LogP) is 1.09. The van der Waals surface area contributed by atoms with Crippen molar-refractivity contribution in [1.29, 1.82) is 0 Å². The van der Waals surface area contributed by atoms with Gasteiger partial charge in [-0.3, -0.25) is 0 Å². The van der Waals surface area contributed by atoms with E-state index in [9.17, 15) is 4.79 Å². The van der Waals surface area contributed by atoms with E-state index in [4.69, 9.17) is 9.84 Å². The standard InChI is InChI=1S/C9H19NO3/c1-8(2)7-13-9(12)10(3)5-4-6-11/h8,11H,4-7H2,1-3H3. The van der Waals surface area contributed by atoms with Crippen LogP contribution >= 0.6 is 0 Å². The van der Waals surface area contributed by atoms with E-state index in [1.54, 1.807) is 7.05 Å². The SMILES string of the molecule is CC(C)COC(=O)N(C)CCCO. The molecule has 4 heteroatoms. The van der Waals surface area contributed by atoms with Crippen LogP contribution in [0.15, 0.2) is 0 Å². The number of carbonyl (C=O) groups is 1. The fraction of sp³-hybridized carbons (Fsp3) is 0.889. The molecular weight excluding hydrogens is 170 g/mol. The minimum Gasteiger partial charge on any atom is -0.449 e. The summed E-state index contributed by atoms with van der Waals surface area (Å²) in [5.74, 6) is 0.357. The normalized spacial score (nSPS) is 10.2. The zero-order chi connectivity index (χ0) is 10.3. The molecule has 0 aliphatic carbocycles. The van der Waals surface area contributed by atoms with Gasteiger partial charge in [-0.2, -0.15) is 0 Å². The summed E-state index contributed by atoms with van der Waals surface area (Å²) in [5.41, 5.74) is 0. The summed E-state index contributed by atoms with van der Waals surface area (Å²) in [5, 5.41) is 8.54. The Labute approximate surface area is 79.5 Å². The molecule has 0 saturated carbocycles. The second-order valence-corrected chi connectivity index (χ2v) is 3.47. The van der Waals surface area contributed by atoms with E-state index >= 15 is 0 Å². The van der Waals surface area contributed by atoms with E-state index in [-0.39, 0.29) is 12.7 Å². The monoisotopic (exact) mass is 189 g/mol. The van der Waals surface area contributed by atoms with Gasteiger partial charge in [0.1, 0.15) is 0 Å². The largest absolute Gasteiger partial charge is 0.449 e. The molecule has 0 fully saturated rings. The highest BCUT2D eigenvalue weighted by atomic mass is 16.6. The summed E-state index contributed by atoms with van der Waals surface area (Å²) in [4.78, 5) is 12.6. The summed E-state index contributed by atoms with van der Waals surface area (Å²) in [6, 6.07) is 0. The fourth-order valence-electron chi connectivity index (χ4n) is 0.747. The van der Waals surface area contributed by atoms with Crippen molar-refractivity contribution in [2.75, 3.05) is 26.8 Å². The molecular formula is C9H19NO3. The van der Waals surface area contributed by atoms with Gasteiger partial charge in [0.05, 0.1) is 6.61 Å². The summed E-state index contributed by atoms with van der Waals surface area (Å²) >= 11 is 0. The number of carbonyl (C=O) groups excluding carboxylic acids is 1. The highest BCUT2D eigenvalue weighted by Crippen LogP contribution is 1.97. The summed E-state index contributed by atoms with van der Waals surface area (Å²) < 4.78 is 4.97. The van der Waals surface area contributed by atoms with Gasteiger partial charge >= 0.3 is 6.09 Å². The van der Waals surface area contributed by atoms with Crippen LogP contribution in [0.4, 0.5) is 4.79 Å². The molecule has 13 heavy (non-hydrogen) atoms. The third-order valence-corrected chi connectivity index (χ3v) is 1.50. The van der Waals surface area contributed by atoms with Gasteiger partial charge in [-0.25, -0.2) is 4.79 Å². The lowest BCUT2D eigenvalue weighted by Gasteiger charge is -2.17. The first-order valence-corrected chi connectivity index (χ1v) is 4.56. The molecule has 0 bridgehead atoms. The Morgan fingerprint density at radius 1 is 1.54 bits per heavy atom. The molecule has 0 aromatic heterocycles. The number of nitrogens with zero attached hydrogens (tertiary/aromatic N) is 1. The van der Waals surface area contributed by atoms with E-state index in [1.165, 1.54) is 4.90 Å². The zero-order valence-electron chi connectivity index (χ0n) is 8.62. The molecule has 0 radical (unpaired) electrons. The van der Waals surface area contributed by atoms with Crippen LogP contribution in [-0.4, -0.2) is 42.9 Å². The van der Waals surface area contributed by atoms with E-state index in [1.807, 2.05) is 13.8 Å².